The molecule has 0 aliphatic heterocycles. The van der Waals surface area contributed by atoms with Crippen LogP contribution >= 0.6 is 22.6 Å². The smallest absolute Gasteiger partial charge is 0.258 e. The normalized spacial score (nSPS) is 10.4. The topological polar surface area (TPSA) is 60.8 Å². The summed E-state index contributed by atoms with van der Waals surface area (Å²) >= 11 is 2.09. The third-order valence-corrected chi connectivity index (χ3v) is 3.73. The zero-order valence-electron chi connectivity index (χ0n) is 11.4. The van der Waals surface area contributed by atoms with Crippen LogP contribution in [0.5, 0.6) is 5.75 Å². The molecule has 2 aromatic carbocycles. The highest BCUT2D eigenvalue weighted by molar-refractivity contribution is 14.1. The summed E-state index contributed by atoms with van der Waals surface area (Å²) in [6, 6.07) is 14.5. The first kappa shape index (κ1) is 15.8. The number of hydrogen-bond acceptors (Lipinski definition) is 3. The largest absolute Gasteiger partial charge is 0.507 e. The number of nitrogens with zero attached hydrogens (tertiary/aromatic N) is 1. The Morgan fingerprint density at radius 1 is 1.14 bits per heavy atom. The van der Waals surface area contributed by atoms with Gasteiger partial charge in [0, 0.05) is 16.7 Å². The van der Waals surface area contributed by atoms with Gasteiger partial charge in [0.25, 0.3) is 5.91 Å². The van der Waals surface area contributed by atoms with Crippen molar-refractivity contribution in [3.63, 3.8) is 0 Å². The van der Waals surface area contributed by atoms with Gasteiger partial charge in [-0.25, -0.2) is 0 Å². The van der Waals surface area contributed by atoms with Crippen molar-refractivity contribution < 1.29 is 15.0 Å². The number of carbonyl (C=O) groups excluding carboxylic acids is 1. The molecule has 0 fully saturated rings. The molecule has 2 N–H and O–H groups in total. The standard InChI is InChI=1S/C16H16INO3/c17-13-6-7-15(20)14(10-13)16(21)18(8-9-19)11-12-4-2-1-3-5-12/h1-7,10,19-20H,8-9,11H2. The summed E-state index contributed by atoms with van der Waals surface area (Å²) in [4.78, 5) is 14.1. The summed E-state index contributed by atoms with van der Waals surface area (Å²) in [5.41, 5.74) is 1.23. The summed E-state index contributed by atoms with van der Waals surface area (Å²) in [5.74, 6) is -0.333. The van der Waals surface area contributed by atoms with Crippen molar-refractivity contribution in [1.82, 2.24) is 4.90 Å². The quantitative estimate of drug-likeness (QED) is 0.763. The molecule has 0 aromatic heterocycles. The fraction of sp³-hybridized carbons (Fsp3) is 0.188. The molecule has 0 aliphatic rings. The third kappa shape index (κ3) is 4.18. The lowest BCUT2D eigenvalue weighted by Crippen LogP contribution is -2.33. The fourth-order valence-corrected chi connectivity index (χ4v) is 2.52. The Hall–Kier alpha value is -1.60. The van der Waals surface area contributed by atoms with Gasteiger partial charge in [-0.2, -0.15) is 0 Å². The van der Waals surface area contributed by atoms with Crippen molar-refractivity contribution in [3.8, 4) is 5.75 Å². The van der Waals surface area contributed by atoms with E-state index in [2.05, 4.69) is 22.6 Å². The second kappa shape index (κ2) is 7.42. The van der Waals surface area contributed by atoms with Crippen LogP contribution in [-0.2, 0) is 6.54 Å². The van der Waals surface area contributed by atoms with E-state index in [1.165, 1.54) is 11.0 Å². The number of hydrogen-bond donors (Lipinski definition) is 2. The Morgan fingerprint density at radius 3 is 2.52 bits per heavy atom. The minimum atomic E-state index is -0.288. The zero-order valence-corrected chi connectivity index (χ0v) is 13.5. The minimum Gasteiger partial charge on any atom is -0.507 e. The number of halogens is 1. The second-order valence-corrected chi connectivity index (χ2v) is 5.84. The van der Waals surface area contributed by atoms with Crippen LogP contribution in [0.1, 0.15) is 15.9 Å². The van der Waals surface area contributed by atoms with Gasteiger partial charge in [-0.15, -0.1) is 0 Å². The van der Waals surface area contributed by atoms with Gasteiger partial charge in [0.1, 0.15) is 5.75 Å². The summed E-state index contributed by atoms with van der Waals surface area (Å²) < 4.78 is 0.873. The van der Waals surface area contributed by atoms with E-state index in [1.807, 2.05) is 30.3 Å². The molecule has 0 heterocycles. The maximum atomic E-state index is 12.6. The van der Waals surface area contributed by atoms with E-state index in [9.17, 15) is 15.0 Å². The van der Waals surface area contributed by atoms with Crippen LogP contribution in [0.25, 0.3) is 0 Å². The van der Waals surface area contributed by atoms with E-state index in [4.69, 9.17) is 0 Å². The lowest BCUT2D eigenvalue weighted by Gasteiger charge is -2.22. The van der Waals surface area contributed by atoms with E-state index in [0.29, 0.717) is 6.54 Å². The van der Waals surface area contributed by atoms with Gasteiger partial charge in [0.05, 0.1) is 12.2 Å². The third-order valence-electron chi connectivity index (χ3n) is 3.06. The van der Waals surface area contributed by atoms with E-state index in [1.54, 1.807) is 12.1 Å². The van der Waals surface area contributed by atoms with Gasteiger partial charge in [0.15, 0.2) is 0 Å². The van der Waals surface area contributed by atoms with Gasteiger partial charge in [-0.05, 0) is 46.4 Å². The molecule has 0 bridgehead atoms. The molecule has 4 nitrogen and oxygen atoms in total. The number of aromatic hydroxyl groups is 1. The average Bonchev–Trinajstić information content (AvgIpc) is 2.49. The summed E-state index contributed by atoms with van der Waals surface area (Å²) in [7, 11) is 0. The van der Waals surface area contributed by atoms with Gasteiger partial charge < -0.3 is 15.1 Å². The first-order valence-corrected chi connectivity index (χ1v) is 7.62. The van der Waals surface area contributed by atoms with E-state index in [-0.39, 0.29) is 30.4 Å². The molecule has 0 saturated heterocycles. The molecule has 110 valence electrons. The molecular weight excluding hydrogens is 381 g/mol. The number of benzene rings is 2. The number of aliphatic hydroxyl groups is 1. The van der Waals surface area contributed by atoms with Crippen molar-refractivity contribution in [1.29, 1.82) is 0 Å². The first-order chi connectivity index (χ1) is 10.1. The summed E-state index contributed by atoms with van der Waals surface area (Å²) in [5, 5.41) is 19.1. The van der Waals surface area contributed by atoms with Gasteiger partial charge >= 0.3 is 0 Å². The van der Waals surface area contributed by atoms with Gasteiger partial charge in [-0.3, -0.25) is 4.79 Å². The van der Waals surface area contributed by atoms with Crippen LogP contribution in [0.4, 0.5) is 0 Å². The van der Waals surface area contributed by atoms with Gasteiger partial charge in [-0.1, -0.05) is 30.3 Å². The molecule has 0 aliphatic carbocycles. The van der Waals surface area contributed by atoms with Crippen molar-refractivity contribution in [2.75, 3.05) is 13.2 Å². The molecule has 1 amide bonds. The van der Waals surface area contributed by atoms with Crippen molar-refractivity contribution in [3.05, 3.63) is 63.2 Å². The van der Waals surface area contributed by atoms with Gasteiger partial charge in [0.2, 0.25) is 0 Å². The minimum absolute atomic E-state index is 0.0450. The maximum absolute atomic E-state index is 12.6. The molecule has 0 atom stereocenters. The molecule has 0 unspecified atom stereocenters. The number of rotatable bonds is 5. The average molecular weight is 397 g/mol. The molecule has 0 saturated carbocycles. The first-order valence-electron chi connectivity index (χ1n) is 6.54. The predicted octanol–water partition coefficient (Wildman–Crippen LogP) is 2.63. The van der Waals surface area contributed by atoms with Crippen LogP contribution < -0.4 is 0 Å². The molecule has 5 heteroatoms. The Kier molecular flexibility index (Phi) is 5.58. The van der Waals surface area contributed by atoms with E-state index < -0.39 is 0 Å². The lowest BCUT2D eigenvalue weighted by molar-refractivity contribution is 0.0704. The highest BCUT2D eigenvalue weighted by atomic mass is 127. The van der Waals surface area contributed by atoms with Crippen molar-refractivity contribution in [2.24, 2.45) is 0 Å². The van der Waals surface area contributed by atoms with Crippen LogP contribution in [0.3, 0.4) is 0 Å². The Balaban J connectivity index is 2.25. The van der Waals surface area contributed by atoms with Crippen LogP contribution in [-0.4, -0.2) is 34.2 Å². The number of amides is 1. The molecule has 0 radical (unpaired) electrons. The maximum Gasteiger partial charge on any atom is 0.258 e. The van der Waals surface area contributed by atoms with Crippen LogP contribution in [0.2, 0.25) is 0 Å². The van der Waals surface area contributed by atoms with Crippen molar-refractivity contribution >= 4 is 28.5 Å². The van der Waals surface area contributed by atoms with E-state index >= 15 is 0 Å². The van der Waals surface area contributed by atoms with Crippen LogP contribution in [0.15, 0.2) is 48.5 Å². The lowest BCUT2D eigenvalue weighted by atomic mass is 10.1. The molecular formula is C16H16INO3. The summed E-state index contributed by atoms with van der Waals surface area (Å²) in [6.07, 6.45) is 0. The molecule has 21 heavy (non-hydrogen) atoms. The number of aliphatic hydroxyl groups excluding tert-OH is 1. The summed E-state index contributed by atoms with van der Waals surface area (Å²) in [6.45, 7) is 0.493. The van der Waals surface area contributed by atoms with Crippen molar-refractivity contribution in [2.45, 2.75) is 6.54 Å². The number of phenols is 1. The fourth-order valence-electron chi connectivity index (χ4n) is 2.03. The molecule has 0 spiro atoms. The molecule has 2 rings (SSSR count). The molecule has 2 aromatic rings. The van der Waals surface area contributed by atoms with E-state index in [0.717, 1.165) is 9.13 Å². The highest BCUT2D eigenvalue weighted by Gasteiger charge is 2.19. The predicted molar refractivity (Wildman–Crippen MR) is 89.1 cm³/mol. The Morgan fingerprint density at radius 2 is 1.86 bits per heavy atom. The SMILES string of the molecule is O=C(c1cc(I)ccc1O)N(CCO)Cc1ccccc1. The zero-order chi connectivity index (χ0) is 15.2. The Bertz CT molecular complexity index is 616. The Labute approximate surface area is 137 Å². The highest BCUT2D eigenvalue weighted by Crippen LogP contribution is 2.22. The number of phenolic OH excluding ortho intramolecular Hbond substituents is 1. The second-order valence-electron chi connectivity index (χ2n) is 4.60. The monoisotopic (exact) mass is 397 g/mol. The van der Waals surface area contributed by atoms with Crippen LogP contribution in [0, 0.1) is 3.57 Å². The number of carbonyl (C=O) groups is 1.